The first-order valence-electron chi connectivity index (χ1n) is 6.87. The number of halogens is 3. The number of ether oxygens (including phenoxy) is 1. The van der Waals surface area contributed by atoms with Gasteiger partial charge >= 0.3 is 6.18 Å². The van der Waals surface area contributed by atoms with Crippen LogP contribution in [0.3, 0.4) is 0 Å². The van der Waals surface area contributed by atoms with Gasteiger partial charge in [0.25, 0.3) is 5.91 Å². The number of nitrogens with one attached hydrogen (secondary N) is 1. The van der Waals surface area contributed by atoms with E-state index >= 15 is 0 Å². The van der Waals surface area contributed by atoms with Crippen LogP contribution in [-0.4, -0.2) is 35.2 Å². The van der Waals surface area contributed by atoms with Crippen LogP contribution in [0.25, 0.3) is 11.3 Å². The quantitative estimate of drug-likeness (QED) is 0.892. The van der Waals surface area contributed by atoms with E-state index < -0.39 is 18.1 Å². The zero-order valence-electron chi connectivity index (χ0n) is 12.9. The third kappa shape index (κ3) is 4.12. The van der Waals surface area contributed by atoms with E-state index in [9.17, 15) is 18.0 Å². The summed E-state index contributed by atoms with van der Waals surface area (Å²) in [7, 11) is 1.41. The number of methoxy groups -OCH3 is 1. The van der Waals surface area contributed by atoms with Crippen LogP contribution < -0.4 is 15.8 Å². The Morgan fingerprint density at radius 3 is 2.62 bits per heavy atom. The number of anilines is 1. The number of alkyl halides is 3. The Bertz CT molecular complexity index is 750. The zero-order chi connectivity index (χ0) is 17.9. The fourth-order valence-corrected chi connectivity index (χ4v) is 1.88. The minimum absolute atomic E-state index is 0.0232. The fraction of sp³-hybridized carbons (Fsp3) is 0.267. The summed E-state index contributed by atoms with van der Waals surface area (Å²) in [4.78, 5) is 19.9. The molecule has 0 aliphatic heterocycles. The molecule has 1 amide bonds. The highest BCUT2D eigenvalue weighted by Gasteiger charge is 2.37. The van der Waals surface area contributed by atoms with E-state index in [4.69, 9.17) is 10.5 Å². The van der Waals surface area contributed by atoms with Crippen molar-refractivity contribution in [3.8, 4) is 17.1 Å². The van der Waals surface area contributed by atoms with Crippen LogP contribution in [0.15, 0.2) is 30.3 Å². The van der Waals surface area contributed by atoms with Gasteiger partial charge in [0.15, 0.2) is 0 Å². The van der Waals surface area contributed by atoms with E-state index in [1.54, 1.807) is 6.07 Å². The molecule has 0 bridgehead atoms. The van der Waals surface area contributed by atoms with Gasteiger partial charge in [-0.25, -0.2) is 4.98 Å². The van der Waals surface area contributed by atoms with E-state index in [-0.39, 0.29) is 17.4 Å². The fourth-order valence-electron chi connectivity index (χ4n) is 1.88. The lowest BCUT2D eigenvalue weighted by Gasteiger charge is -2.17. The molecule has 6 nitrogen and oxygen atoms in total. The number of amides is 1. The third-order valence-electron chi connectivity index (χ3n) is 3.19. The molecule has 0 spiro atoms. The van der Waals surface area contributed by atoms with Gasteiger partial charge in [0, 0.05) is 17.2 Å². The topological polar surface area (TPSA) is 90.1 Å². The minimum Gasteiger partial charge on any atom is -0.481 e. The normalized spacial score (nSPS) is 12.5. The van der Waals surface area contributed by atoms with Crippen molar-refractivity contribution < 1.29 is 22.7 Å². The Balaban J connectivity index is 2.29. The highest BCUT2D eigenvalue weighted by Crippen LogP contribution is 2.23. The van der Waals surface area contributed by atoms with Crippen molar-refractivity contribution in [3.05, 3.63) is 35.9 Å². The lowest BCUT2D eigenvalue weighted by atomic mass is 10.1. The number of aromatic nitrogens is 2. The zero-order valence-corrected chi connectivity index (χ0v) is 12.9. The number of hydrogen-bond acceptors (Lipinski definition) is 5. The second kappa shape index (κ2) is 6.73. The number of hydrogen-bond donors (Lipinski definition) is 2. The van der Waals surface area contributed by atoms with Crippen LogP contribution in [-0.2, 0) is 0 Å². The summed E-state index contributed by atoms with van der Waals surface area (Å²) in [5.74, 6) is -0.626. The summed E-state index contributed by atoms with van der Waals surface area (Å²) in [5.41, 5.74) is 6.53. The van der Waals surface area contributed by atoms with Crippen molar-refractivity contribution in [3.63, 3.8) is 0 Å². The summed E-state index contributed by atoms with van der Waals surface area (Å²) in [5, 5.41) is 1.90. The Morgan fingerprint density at radius 1 is 1.29 bits per heavy atom. The molecule has 24 heavy (non-hydrogen) atoms. The maximum Gasteiger partial charge on any atom is 0.408 e. The molecule has 9 heteroatoms. The van der Waals surface area contributed by atoms with Gasteiger partial charge in [0.2, 0.25) is 11.8 Å². The first-order chi connectivity index (χ1) is 11.2. The second-order valence-corrected chi connectivity index (χ2v) is 4.97. The molecule has 1 atom stereocenters. The molecule has 0 aliphatic carbocycles. The lowest BCUT2D eigenvalue weighted by Crippen LogP contribution is -2.43. The van der Waals surface area contributed by atoms with Gasteiger partial charge < -0.3 is 15.8 Å². The number of benzene rings is 1. The molecule has 0 saturated carbocycles. The molecule has 0 unspecified atom stereocenters. The van der Waals surface area contributed by atoms with Gasteiger partial charge in [-0.2, -0.15) is 18.2 Å². The molecule has 2 aromatic rings. The average Bonchev–Trinajstić information content (AvgIpc) is 2.53. The number of nitrogens with zero attached hydrogens (tertiary/aromatic N) is 2. The predicted molar refractivity (Wildman–Crippen MR) is 81.4 cm³/mol. The molecule has 128 valence electrons. The van der Waals surface area contributed by atoms with Gasteiger partial charge in [-0.1, -0.05) is 12.1 Å². The smallest absolute Gasteiger partial charge is 0.408 e. The molecule has 0 radical (unpaired) electrons. The summed E-state index contributed by atoms with van der Waals surface area (Å²) >= 11 is 0. The standard InChI is InChI=1S/C15H15F3N4O2/c1-8(15(16,17)18)20-13(23)10-5-3-4-9(6-10)11-7-12(24-2)22-14(19)21-11/h3-8H,1-2H3,(H,20,23)(H2,19,21,22)/t8-/m0/s1. The first kappa shape index (κ1) is 17.5. The van der Waals surface area contributed by atoms with Gasteiger partial charge in [-0.15, -0.1) is 0 Å². The third-order valence-corrected chi connectivity index (χ3v) is 3.19. The number of rotatable bonds is 4. The monoisotopic (exact) mass is 340 g/mol. The van der Waals surface area contributed by atoms with Crippen LogP contribution in [0, 0.1) is 0 Å². The van der Waals surface area contributed by atoms with Crippen LogP contribution in [0.4, 0.5) is 19.1 Å². The summed E-state index contributed by atoms with van der Waals surface area (Å²) in [6, 6.07) is 5.55. The van der Waals surface area contributed by atoms with Crippen molar-refractivity contribution in [2.75, 3.05) is 12.8 Å². The van der Waals surface area contributed by atoms with Crippen molar-refractivity contribution >= 4 is 11.9 Å². The van der Waals surface area contributed by atoms with Gasteiger partial charge in [-0.05, 0) is 19.1 Å². The number of carbonyl (C=O) groups excluding carboxylic acids is 1. The molecule has 2 rings (SSSR count). The summed E-state index contributed by atoms with van der Waals surface area (Å²) in [6.07, 6.45) is -4.51. The van der Waals surface area contributed by atoms with Gasteiger partial charge in [0.05, 0.1) is 12.8 Å². The van der Waals surface area contributed by atoms with E-state index in [0.717, 1.165) is 6.92 Å². The maximum absolute atomic E-state index is 12.5. The first-order valence-corrected chi connectivity index (χ1v) is 6.87. The van der Waals surface area contributed by atoms with E-state index in [0.29, 0.717) is 11.3 Å². The predicted octanol–water partition coefficient (Wildman–Crippen LogP) is 2.41. The molecule has 3 N–H and O–H groups in total. The maximum atomic E-state index is 12.5. The molecule has 0 saturated heterocycles. The molecule has 1 aromatic carbocycles. The largest absolute Gasteiger partial charge is 0.481 e. The van der Waals surface area contributed by atoms with E-state index in [1.165, 1.54) is 31.4 Å². The average molecular weight is 340 g/mol. The van der Waals surface area contributed by atoms with Crippen molar-refractivity contribution in [2.45, 2.75) is 19.1 Å². The molecule has 1 heterocycles. The van der Waals surface area contributed by atoms with E-state index in [2.05, 4.69) is 9.97 Å². The number of carbonyl (C=O) groups is 1. The number of nitrogens with two attached hydrogens (primary N) is 1. The van der Waals surface area contributed by atoms with Crippen molar-refractivity contribution in [1.29, 1.82) is 0 Å². The molecular weight excluding hydrogens is 325 g/mol. The highest BCUT2D eigenvalue weighted by atomic mass is 19.4. The van der Waals surface area contributed by atoms with Crippen LogP contribution in [0.2, 0.25) is 0 Å². The molecule has 0 fully saturated rings. The second-order valence-electron chi connectivity index (χ2n) is 4.97. The Labute approximate surface area is 135 Å². The summed E-state index contributed by atoms with van der Waals surface area (Å²) in [6.45, 7) is 0.873. The Hall–Kier alpha value is -2.84. The van der Waals surface area contributed by atoms with Crippen LogP contribution >= 0.6 is 0 Å². The highest BCUT2D eigenvalue weighted by molar-refractivity contribution is 5.95. The molecule has 0 aliphatic rings. The van der Waals surface area contributed by atoms with Gasteiger partial charge in [-0.3, -0.25) is 4.79 Å². The van der Waals surface area contributed by atoms with Crippen LogP contribution in [0.5, 0.6) is 5.88 Å². The SMILES string of the molecule is COc1cc(-c2cccc(C(=O)N[C@@H](C)C(F)(F)F)c2)nc(N)n1. The number of nitrogen functional groups attached to an aromatic ring is 1. The van der Waals surface area contributed by atoms with E-state index in [1.807, 2.05) is 5.32 Å². The van der Waals surface area contributed by atoms with Gasteiger partial charge in [0.1, 0.15) is 6.04 Å². The minimum atomic E-state index is -4.51. The Morgan fingerprint density at radius 2 is 2.00 bits per heavy atom. The molecular formula is C15H15F3N4O2. The lowest BCUT2D eigenvalue weighted by molar-refractivity contribution is -0.149. The summed E-state index contributed by atoms with van der Waals surface area (Å²) < 4.78 is 42.6. The Kier molecular flexibility index (Phi) is 4.91. The van der Waals surface area contributed by atoms with Crippen LogP contribution in [0.1, 0.15) is 17.3 Å². The molecule has 1 aromatic heterocycles. The van der Waals surface area contributed by atoms with Crippen molar-refractivity contribution in [2.24, 2.45) is 0 Å². The van der Waals surface area contributed by atoms with Crippen molar-refractivity contribution in [1.82, 2.24) is 15.3 Å².